The quantitative estimate of drug-likeness (QED) is 0.0252. The zero-order valence-corrected chi connectivity index (χ0v) is 78.5. The van der Waals surface area contributed by atoms with Gasteiger partial charge in [0, 0.05) is 46.6 Å². The number of aliphatic carboxylic acids is 3. The molecule has 68 nitrogen and oxygen atoms in total. The minimum absolute atomic E-state index is 0.458. The predicted molar refractivity (Wildman–Crippen MR) is 446 cm³/mol. The zero-order chi connectivity index (χ0) is 109. The Kier molecular flexibility index (Phi) is 44.3. The number of nitrogens with two attached hydrogens (primary N) is 1. The first kappa shape index (κ1) is 124. The number of carboxylic acid groups (broad SMARTS) is 3. The second kappa shape index (κ2) is 52.6. The van der Waals surface area contributed by atoms with Crippen molar-refractivity contribution >= 4 is 43.5 Å². The van der Waals surface area contributed by atoms with Crippen LogP contribution in [0.5, 0.6) is 0 Å². The minimum Gasteiger partial charge on any atom is -0.477 e. The van der Waals surface area contributed by atoms with Crippen LogP contribution in [-0.2, 0) is 132 Å². The lowest BCUT2D eigenvalue weighted by molar-refractivity contribution is -0.423. The summed E-state index contributed by atoms with van der Waals surface area (Å²) in [5.41, 5.74) is 5.44. The first-order chi connectivity index (χ1) is 69.0. The molecule has 0 aromatic carbocycles. The molecule has 10 heterocycles. The van der Waals surface area contributed by atoms with Crippen LogP contribution in [0, 0.1) is 0 Å². The summed E-state index contributed by atoms with van der Waals surface area (Å²) >= 11 is 0. The average molecular weight is 2180 g/mol. The van der Waals surface area contributed by atoms with Crippen molar-refractivity contribution in [3.8, 4) is 0 Å². The van der Waals surface area contributed by atoms with Crippen LogP contribution in [0.3, 0.4) is 0 Å². The summed E-state index contributed by atoms with van der Waals surface area (Å²) in [5.74, 6) is -20.6. The smallest absolute Gasteiger partial charge is 0.472 e. The van der Waals surface area contributed by atoms with Gasteiger partial charge in [-0.1, -0.05) is 0 Å². The standard InChI is InChI=1S/C78H131N4O64P/c1-19(92)80-35-22(95)7-77(74(119)120,144-59(35)38(102)25(98)9-83)142-33(16-90)43(107)60-36(81-20(2)93)23(96)8-78(145-60,75(121)122)146-61-42(106)32(15-89)131-70(51(61)115)137-58-37(82-21(3)94)66(128-31(14-88)41(58)105)136-57-34(17-91)132-69(49(113)46(57)110)138-62-50(114)53(26(99)10-84)133-72(65(62)141-68-48(112)45(109)40(104)30(13-87)130-68)139-63-52(116)71(134-54-24(97)6-76(123,73(117)118)143-56(54)27(100)11-85)135-55(28(101)18-127-147(124,125)126-5-4-79)64(63)140-67-47(111)44(108)39(103)29(12-86)129-67/h22-72,83-91,95-116,123H,4-18,79H2,1-3H3,(H,80,92)(H,81,93)(H,82,94)(H,117,118)(H,119,120)(H,121,122)(H,124,125)/t22-,23-,24+,25+,26-,27+,28-,29+,30+,31+,32+,33+,34+,35+,36+,37+,38+,39+,40+,41-,42-,43+,44-,45-,46+,47+,48+,49+,50+,51+,52-,53+,54+,55+,56+,57-,58+,59+,60+,61-,62-,63+,64+,65-,66-,67-,68-,69-,70-,71-,72+,76+,77+,78-/m0/s1. The molecule has 10 fully saturated rings. The molecule has 852 valence electrons. The number of carbonyl (C=O) groups is 6. The summed E-state index contributed by atoms with van der Waals surface area (Å²) in [6.07, 6.45) is -126. The van der Waals surface area contributed by atoms with E-state index in [9.17, 15) is 217 Å². The molecular formula is C78H131N4O64P. The number of amides is 3. The van der Waals surface area contributed by atoms with Crippen LogP contribution in [0.1, 0.15) is 40.0 Å². The zero-order valence-electron chi connectivity index (χ0n) is 77.6. The highest BCUT2D eigenvalue weighted by Gasteiger charge is 2.67. The van der Waals surface area contributed by atoms with Crippen LogP contribution in [-0.4, -0.2) is 628 Å². The Bertz CT molecular complexity index is 4240. The van der Waals surface area contributed by atoms with Crippen molar-refractivity contribution in [3.05, 3.63) is 0 Å². The average Bonchev–Trinajstić information content (AvgIpc) is 0.747. The minimum atomic E-state index is -5.41. The normalized spacial score (nSPS) is 45.3. The number of aliphatic hydroxyl groups excluding tert-OH is 31. The number of hydrogen-bond donors (Lipinski definition) is 40. The van der Waals surface area contributed by atoms with E-state index in [1.807, 2.05) is 0 Å². The fourth-order valence-electron chi connectivity index (χ4n) is 18.3. The molecule has 147 heavy (non-hydrogen) atoms. The number of phosphoric acid groups is 1. The van der Waals surface area contributed by atoms with E-state index < -0.39 is 472 Å². The molecule has 0 aromatic rings. The van der Waals surface area contributed by atoms with Crippen molar-refractivity contribution in [2.75, 3.05) is 79.2 Å². The third-order valence-corrected chi connectivity index (χ3v) is 26.9. The fraction of sp³-hybridized carbons (Fsp3) is 0.923. The second-order valence-electron chi connectivity index (χ2n) is 36.2. The largest absolute Gasteiger partial charge is 0.477 e. The van der Waals surface area contributed by atoms with Crippen LogP contribution >= 0.6 is 7.82 Å². The summed E-state index contributed by atoms with van der Waals surface area (Å²) < 4.78 is 135. The molecule has 10 saturated heterocycles. The number of aliphatic hydroxyl groups is 32. The molecule has 10 aliphatic heterocycles. The maximum Gasteiger partial charge on any atom is 0.472 e. The molecular weight excluding hydrogens is 2050 g/mol. The SMILES string of the molecule is CC(=O)N[C@H]1[C@H](O[C@@H]2[C@H](O)[C@@H](O)[C@H](O[C@H]3[C@H](O)[C@@H]([C@@H](O)CO)O[C@H](O[C@@H]4[C@H](O)[C@@H](O[C@H]5[C@@H]([C@H](O)CO)O[C@@](O)(C(=O)O)C[C@H]5O)O[C@H]([C@@H](O)COP(=O)(O)OCCN)[C@H]4O[C@@H]4O[C@H](CO)[C@@H](O)[C@H](O)[C@H]4O)[C@H]3O[C@@H]3O[C@H](CO)[C@@H](O)[C@H](O)[C@H]3O)O[C@@H]2CO)O[C@H](CO)[C@H](O)[C@@H]1O[C@@H]1O[C@H](CO)[C@H](O)[C@H](O[C@]2(C(=O)O)C[C@H](O)[C@@H](NC(C)=O)[C@H]([C@H](O)[C@@H](CO)O[C@]3(C(=O)O)C[C@H](O)[C@@H](NC(C)=O)[C@H]([C@H](O)[C@H](O)CO)O3)O2)[C@H]1O. The number of rotatable bonds is 46. The van der Waals surface area contributed by atoms with E-state index in [1.165, 1.54) is 0 Å². The van der Waals surface area contributed by atoms with Crippen molar-refractivity contribution in [1.29, 1.82) is 0 Å². The number of nitrogens with one attached hydrogen (secondary N) is 3. The van der Waals surface area contributed by atoms with Gasteiger partial charge in [-0.3, -0.25) is 23.4 Å². The molecule has 41 N–H and O–H groups in total. The van der Waals surface area contributed by atoms with Gasteiger partial charge >= 0.3 is 25.7 Å². The number of carboxylic acids is 3. The summed E-state index contributed by atoms with van der Waals surface area (Å²) in [6, 6.07) is -6.22. The molecule has 55 atom stereocenters. The molecule has 0 spiro atoms. The van der Waals surface area contributed by atoms with Gasteiger partial charge in [0.15, 0.2) is 44.0 Å². The number of ether oxygens (including phenoxy) is 19. The predicted octanol–water partition coefficient (Wildman–Crippen LogP) is -25.3. The molecule has 0 saturated carbocycles. The first-order valence-corrected chi connectivity index (χ1v) is 47.1. The molecule has 0 radical (unpaired) electrons. The maximum atomic E-state index is 13.9. The van der Waals surface area contributed by atoms with Gasteiger partial charge in [0.1, 0.15) is 238 Å². The van der Waals surface area contributed by atoms with E-state index in [-0.39, 0.29) is 0 Å². The van der Waals surface area contributed by atoms with Crippen LogP contribution in [0.15, 0.2) is 0 Å². The van der Waals surface area contributed by atoms with Crippen molar-refractivity contribution in [2.24, 2.45) is 5.73 Å². The van der Waals surface area contributed by atoms with Crippen LogP contribution < -0.4 is 21.7 Å². The van der Waals surface area contributed by atoms with Gasteiger partial charge in [-0.15, -0.1) is 0 Å². The van der Waals surface area contributed by atoms with Crippen molar-refractivity contribution < 1.29 is 316 Å². The second-order valence-corrected chi connectivity index (χ2v) is 37.7. The van der Waals surface area contributed by atoms with Gasteiger partial charge in [0.2, 0.25) is 17.7 Å². The van der Waals surface area contributed by atoms with Crippen LogP contribution in [0.25, 0.3) is 0 Å². The van der Waals surface area contributed by atoms with E-state index in [0.29, 0.717) is 0 Å². The lowest BCUT2D eigenvalue weighted by Crippen LogP contribution is -2.72. The third-order valence-electron chi connectivity index (χ3n) is 25.9. The summed E-state index contributed by atoms with van der Waals surface area (Å²) in [6.45, 7) is -12.9. The molecule has 69 heteroatoms. The highest BCUT2D eigenvalue weighted by molar-refractivity contribution is 7.47. The van der Waals surface area contributed by atoms with Gasteiger partial charge in [-0.25, -0.2) is 18.9 Å². The van der Waals surface area contributed by atoms with E-state index >= 15 is 0 Å². The van der Waals surface area contributed by atoms with E-state index in [2.05, 4.69) is 16.0 Å². The van der Waals surface area contributed by atoms with E-state index in [0.717, 1.165) is 20.8 Å². The van der Waals surface area contributed by atoms with Crippen LogP contribution in [0.4, 0.5) is 0 Å². The van der Waals surface area contributed by atoms with E-state index in [4.69, 9.17) is 105 Å². The Balaban J connectivity index is 0.994. The molecule has 10 rings (SSSR count). The highest BCUT2D eigenvalue weighted by atomic mass is 31.2. The Morgan fingerprint density at radius 1 is 0.361 bits per heavy atom. The Hall–Kier alpha value is -5.15. The molecule has 0 aliphatic carbocycles. The summed E-state index contributed by atoms with van der Waals surface area (Å²) in [4.78, 5) is 88.9. The Labute approximate surface area is 827 Å². The van der Waals surface area contributed by atoms with Gasteiger partial charge < -0.3 is 295 Å². The van der Waals surface area contributed by atoms with Crippen molar-refractivity contribution in [2.45, 2.75) is 370 Å². The maximum absolute atomic E-state index is 13.9. The molecule has 3 amide bonds. The molecule has 10 aliphatic rings. The molecule has 0 aromatic heterocycles. The lowest BCUT2D eigenvalue weighted by atomic mass is 9.87. The van der Waals surface area contributed by atoms with Gasteiger partial charge in [0.05, 0.1) is 103 Å². The third kappa shape index (κ3) is 27.6. The monoisotopic (exact) mass is 2180 g/mol. The van der Waals surface area contributed by atoms with Crippen LogP contribution in [0.2, 0.25) is 0 Å². The number of carbonyl (C=O) groups excluding carboxylic acids is 3. The highest BCUT2D eigenvalue weighted by Crippen LogP contribution is 2.48. The fourth-order valence-corrected chi connectivity index (χ4v) is 19.0. The van der Waals surface area contributed by atoms with Gasteiger partial charge in [-0.05, 0) is 0 Å². The molecule has 0 bridgehead atoms. The summed E-state index contributed by atoms with van der Waals surface area (Å²) in [7, 11) is -5.41. The van der Waals surface area contributed by atoms with Crippen molar-refractivity contribution in [1.82, 2.24) is 16.0 Å². The Morgan fingerprint density at radius 2 is 0.762 bits per heavy atom. The van der Waals surface area contributed by atoms with Gasteiger partial charge in [-0.2, -0.15) is 0 Å². The van der Waals surface area contributed by atoms with Crippen molar-refractivity contribution in [3.63, 3.8) is 0 Å². The van der Waals surface area contributed by atoms with E-state index in [1.54, 1.807) is 0 Å². The van der Waals surface area contributed by atoms with Gasteiger partial charge in [0.25, 0.3) is 17.4 Å². The topological polar surface area (TPSA) is 1100 Å². The lowest BCUT2D eigenvalue weighted by Gasteiger charge is -2.53. The number of hydrogen-bond acceptors (Lipinski definition) is 61. The Morgan fingerprint density at radius 3 is 1.25 bits per heavy atom. The number of phosphoric ester groups is 1. The first-order valence-electron chi connectivity index (χ1n) is 45.6. The molecule has 1 unspecified atom stereocenters. The summed E-state index contributed by atoms with van der Waals surface area (Å²) in [5, 5.41) is 403.